The Hall–Kier alpha value is -2.74. The molecule has 1 unspecified atom stereocenters. The molecule has 2 fully saturated rings. The number of benzene rings is 2. The van der Waals surface area contributed by atoms with Gasteiger partial charge in [-0.2, -0.15) is 0 Å². The summed E-state index contributed by atoms with van der Waals surface area (Å²) in [5.74, 6) is -1.69. The molecule has 2 aliphatic rings. The zero-order chi connectivity index (χ0) is 23.5. The average molecular weight is 489 g/mol. The highest BCUT2D eigenvalue weighted by Crippen LogP contribution is 2.26. The van der Waals surface area contributed by atoms with Crippen LogP contribution in [0, 0.1) is 0 Å². The van der Waals surface area contributed by atoms with Crippen LogP contribution in [-0.4, -0.2) is 42.3 Å². The van der Waals surface area contributed by atoms with Crippen molar-refractivity contribution in [1.82, 2.24) is 5.32 Å². The third kappa shape index (κ3) is 5.27. The first-order valence-corrected chi connectivity index (χ1v) is 11.5. The lowest BCUT2D eigenvalue weighted by atomic mass is 10.1. The maximum Gasteiger partial charge on any atom is 0.338 e. The van der Waals surface area contributed by atoms with Crippen LogP contribution in [0.3, 0.4) is 0 Å². The number of ketones is 1. The van der Waals surface area contributed by atoms with Crippen molar-refractivity contribution in [2.75, 3.05) is 11.5 Å². The molecule has 1 heterocycles. The Morgan fingerprint density at radius 3 is 2.30 bits per heavy atom. The Morgan fingerprint density at radius 1 is 0.970 bits per heavy atom. The molecule has 9 heteroatoms. The second-order valence-corrected chi connectivity index (χ2v) is 8.96. The van der Waals surface area contributed by atoms with Crippen LogP contribution in [0.5, 0.6) is 0 Å². The Morgan fingerprint density at radius 2 is 1.64 bits per heavy atom. The first-order chi connectivity index (χ1) is 15.8. The molecule has 1 aliphatic heterocycles. The standard InChI is InChI=1S/C24H22Cl2N2O5/c25-18-10-7-15(11-19(18)26)21(29)13-33-24(32)14-5-8-17(9-6-14)28-22(30)12-20(23(28)31)27-16-3-1-2-4-16/h5-11,16,20,27H,1-4,12-13H2. The van der Waals surface area contributed by atoms with Gasteiger partial charge in [0.2, 0.25) is 5.91 Å². The number of carbonyl (C=O) groups excluding carboxylic acids is 4. The molecule has 172 valence electrons. The highest BCUT2D eigenvalue weighted by Gasteiger charge is 2.40. The van der Waals surface area contributed by atoms with Gasteiger partial charge in [-0.05, 0) is 55.3 Å². The Bertz CT molecular complexity index is 1100. The number of imide groups is 1. The summed E-state index contributed by atoms with van der Waals surface area (Å²) in [6, 6.07) is 10.1. The number of nitrogens with zero attached hydrogens (tertiary/aromatic N) is 1. The second-order valence-electron chi connectivity index (χ2n) is 8.15. The van der Waals surface area contributed by atoms with Crippen molar-refractivity contribution in [3.05, 3.63) is 63.6 Å². The van der Waals surface area contributed by atoms with Crippen LogP contribution in [-0.2, 0) is 14.3 Å². The minimum Gasteiger partial charge on any atom is -0.454 e. The van der Waals surface area contributed by atoms with Gasteiger partial charge < -0.3 is 10.1 Å². The van der Waals surface area contributed by atoms with E-state index in [4.69, 9.17) is 27.9 Å². The van der Waals surface area contributed by atoms with Gasteiger partial charge >= 0.3 is 5.97 Å². The van der Waals surface area contributed by atoms with E-state index in [1.54, 1.807) is 0 Å². The van der Waals surface area contributed by atoms with E-state index >= 15 is 0 Å². The lowest BCUT2D eigenvalue weighted by Crippen LogP contribution is -2.42. The van der Waals surface area contributed by atoms with Crippen LogP contribution >= 0.6 is 23.2 Å². The molecule has 2 aromatic carbocycles. The topological polar surface area (TPSA) is 92.8 Å². The molecule has 0 spiro atoms. The summed E-state index contributed by atoms with van der Waals surface area (Å²) in [5, 5.41) is 3.85. The minimum absolute atomic E-state index is 0.121. The highest BCUT2D eigenvalue weighted by molar-refractivity contribution is 6.42. The van der Waals surface area contributed by atoms with Gasteiger partial charge in [-0.1, -0.05) is 36.0 Å². The number of carbonyl (C=O) groups is 4. The summed E-state index contributed by atoms with van der Waals surface area (Å²) in [4.78, 5) is 50.9. The molecular weight excluding hydrogens is 467 g/mol. The predicted molar refractivity (Wildman–Crippen MR) is 124 cm³/mol. The molecule has 0 radical (unpaired) electrons. The Kier molecular flexibility index (Phi) is 7.12. The lowest BCUT2D eigenvalue weighted by Gasteiger charge is -2.18. The van der Waals surface area contributed by atoms with Crippen molar-refractivity contribution >= 4 is 52.5 Å². The summed E-state index contributed by atoms with van der Waals surface area (Å²) in [6.07, 6.45) is 4.42. The fourth-order valence-electron chi connectivity index (χ4n) is 4.12. The van der Waals surface area contributed by atoms with Crippen molar-refractivity contribution in [2.24, 2.45) is 0 Å². The fourth-order valence-corrected chi connectivity index (χ4v) is 4.42. The molecule has 0 bridgehead atoms. The molecule has 2 amide bonds. The van der Waals surface area contributed by atoms with Crippen molar-refractivity contribution in [2.45, 2.75) is 44.2 Å². The summed E-state index contributed by atoms with van der Waals surface area (Å²) in [5.41, 5.74) is 0.865. The van der Waals surface area contributed by atoms with Gasteiger partial charge in [-0.15, -0.1) is 0 Å². The second kappa shape index (κ2) is 10.0. The van der Waals surface area contributed by atoms with E-state index in [0.29, 0.717) is 10.7 Å². The molecule has 4 rings (SSSR count). The molecule has 1 saturated heterocycles. The number of Topliss-reactive ketones (excluding diaryl/α,β-unsaturated/α-hetero) is 1. The third-order valence-corrected chi connectivity index (χ3v) is 6.61. The van der Waals surface area contributed by atoms with E-state index in [1.165, 1.54) is 42.5 Å². The first kappa shape index (κ1) is 23.4. The molecule has 1 atom stereocenters. The van der Waals surface area contributed by atoms with Crippen LogP contribution in [0.4, 0.5) is 5.69 Å². The smallest absolute Gasteiger partial charge is 0.338 e. The number of amides is 2. The van der Waals surface area contributed by atoms with E-state index in [2.05, 4.69) is 5.32 Å². The van der Waals surface area contributed by atoms with Crippen LogP contribution in [0.2, 0.25) is 10.0 Å². The summed E-state index contributed by atoms with van der Waals surface area (Å²) in [6.45, 7) is -0.462. The van der Waals surface area contributed by atoms with E-state index in [-0.39, 0.29) is 40.4 Å². The average Bonchev–Trinajstić information content (AvgIpc) is 3.41. The van der Waals surface area contributed by atoms with Gasteiger partial charge in [-0.25, -0.2) is 9.69 Å². The Labute approximate surface area is 201 Å². The molecule has 1 N–H and O–H groups in total. The number of anilines is 1. The number of halogens is 2. The van der Waals surface area contributed by atoms with E-state index < -0.39 is 24.4 Å². The molecule has 1 aliphatic carbocycles. The molecule has 7 nitrogen and oxygen atoms in total. The van der Waals surface area contributed by atoms with Gasteiger partial charge in [0.15, 0.2) is 12.4 Å². The van der Waals surface area contributed by atoms with Crippen molar-refractivity contribution in [3.63, 3.8) is 0 Å². The maximum atomic E-state index is 12.8. The number of hydrogen-bond acceptors (Lipinski definition) is 6. The number of nitrogens with one attached hydrogen (secondary N) is 1. The molecule has 0 aromatic heterocycles. The molecule has 2 aromatic rings. The van der Waals surface area contributed by atoms with Gasteiger partial charge in [0.25, 0.3) is 5.91 Å². The van der Waals surface area contributed by atoms with Gasteiger partial charge in [0, 0.05) is 11.6 Å². The van der Waals surface area contributed by atoms with Crippen LogP contribution in [0.25, 0.3) is 0 Å². The number of hydrogen-bond donors (Lipinski definition) is 1. The SMILES string of the molecule is O=C(COC(=O)c1ccc(N2C(=O)CC(NC3CCCC3)C2=O)cc1)c1ccc(Cl)c(Cl)c1. The normalized spacial score (nSPS) is 18.7. The van der Waals surface area contributed by atoms with E-state index in [0.717, 1.165) is 30.6 Å². The summed E-state index contributed by atoms with van der Waals surface area (Å²) >= 11 is 11.7. The van der Waals surface area contributed by atoms with Crippen molar-refractivity contribution in [3.8, 4) is 0 Å². The van der Waals surface area contributed by atoms with Gasteiger partial charge in [-0.3, -0.25) is 14.4 Å². The molecule has 33 heavy (non-hydrogen) atoms. The predicted octanol–water partition coefficient (Wildman–Crippen LogP) is 4.20. The maximum absolute atomic E-state index is 12.8. The van der Waals surface area contributed by atoms with Gasteiger partial charge in [0.1, 0.15) is 0 Å². The third-order valence-electron chi connectivity index (χ3n) is 5.88. The van der Waals surface area contributed by atoms with Crippen molar-refractivity contribution in [1.29, 1.82) is 0 Å². The highest BCUT2D eigenvalue weighted by atomic mass is 35.5. The molecule has 1 saturated carbocycles. The minimum atomic E-state index is -0.699. The van der Waals surface area contributed by atoms with Crippen LogP contribution in [0.15, 0.2) is 42.5 Å². The van der Waals surface area contributed by atoms with Crippen molar-refractivity contribution < 1.29 is 23.9 Å². The monoisotopic (exact) mass is 488 g/mol. The van der Waals surface area contributed by atoms with Gasteiger partial charge in [0.05, 0.1) is 33.8 Å². The number of esters is 1. The quantitative estimate of drug-likeness (QED) is 0.356. The number of ether oxygens (including phenoxy) is 1. The van der Waals surface area contributed by atoms with Crippen LogP contribution < -0.4 is 10.2 Å². The summed E-state index contributed by atoms with van der Waals surface area (Å²) < 4.78 is 5.09. The number of rotatable bonds is 7. The summed E-state index contributed by atoms with van der Waals surface area (Å²) in [7, 11) is 0. The van der Waals surface area contributed by atoms with E-state index in [1.807, 2.05) is 0 Å². The van der Waals surface area contributed by atoms with Crippen LogP contribution in [0.1, 0.15) is 52.8 Å². The zero-order valence-corrected chi connectivity index (χ0v) is 19.2. The largest absolute Gasteiger partial charge is 0.454 e. The Balaban J connectivity index is 1.35. The molecular formula is C24H22Cl2N2O5. The lowest BCUT2D eigenvalue weighted by molar-refractivity contribution is -0.121. The first-order valence-electron chi connectivity index (χ1n) is 10.7. The zero-order valence-electron chi connectivity index (χ0n) is 17.7. The van der Waals surface area contributed by atoms with E-state index in [9.17, 15) is 19.2 Å². The fraction of sp³-hybridized carbons (Fsp3) is 0.333.